The molecule has 128 valence electrons. The number of pyridine rings is 1. The van der Waals surface area contributed by atoms with Crippen molar-refractivity contribution < 1.29 is 4.79 Å². The molecule has 0 aliphatic carbocycles. The minimum Gasteiger partial charge on any atom is -0.363 e. The predicted molar refractivity (Wildman–Crippen MR) is 99.0 cm³/mol. The van der Waals surface area contributed by atoms with Crippen LogP contribution >= 0.6 is 0 Å². The van der Waals surface area contributed by atoms with E-state index in [0.717, 1.165) is 22.9 Å². The summed E-state index contributed by atoms with van der Waals surface area (Å²) < 4.78 is 2.04. The van der Waals surface area contributed by atoms with Crippen LogP contribution in [0.4, 0.5) is 11.5 Å². The number of benzene rings is 1. The van der Waals surface area contributed by atoms with Gasteiger partial charge in [-0.1, -0.05) is 18.2 Å². The van der Waals surface area contributed by atoms with Crippen molar-refractivity contribution in [3.05, 3.63) is 71.9 Å². The van der Waals surface area contributed by atoms with Crippen molar-refractivity contribution in [3.8, 4) is 0 Å². The molecule has 0 radical (unpaired) electrons. The molecule has 2 aromatic heterocycles. The summed E-state index contributed by atoms with van der Waals surface area (Å²) in [4.78, 5) is 23.0. The summed E-state index contributed by atoms with van der Waals surface area (Å²) in [7, 11) is 3.83. The van der Waals surface area contributed by atoms with Crippen LogP contribution in [0.5, 0.6) is 0 Å². The van der Waals surface area contributed by atoms with E-state index in [1.165, 1.54) is 0 Å². The first-order valence-electron chi connectivity index (χ1n) is 8.05. The van der Waals surface area contributed by atoms with Crippen molar-refractivity contribution in [1.82, 2.24) is 14.5 Å². The second kappa shape index (κ2) is 7.17. The van der Waals surface area contributed by atoms with Gasteiger partial charge in [-0.25, -0.2) is 9.97 Å². The fourth-order valence-electron chi connectivity index (χ4n) is 2.51. The number of aryl methyl sites for hydroxylation is 1. The Kier molecular flexibility index (Phi) is 4.79. The number of amides is 1. The van der Waals surface area contributed by atoms with Gasteiger partial charge in [0.2, 0.25) is 0 Å². The van der Waals surface area contributed by atoms with Gasteiger partial charge in [0.15, 0.2) is 0 Å². The number of carbonyl (C=O) groups excluding carboxylic acids is 1. The average molecular weight is 335 g/mol. The molecule has 0 spiro atoms. The van der Waals surface area contributed by atoms with Crippen molar-refractivity contribution in [1.29, 1.82) is 0 Å². The summed E-state index contributed by atoms with van der Waals surface area (Å²) in [6.45, 7) is 2.61. The number of para-hydroxylation sites is 1. The summed E-state index contributed by atoms with van der Waals surface area (Å²) in [6.07, 6.45) is 5.29. The molecule has 1 N–H and O–H groups in total. The highest BCUT2D eigenvalue weighted by molar-refractivity contribution is 6.04. The van der Waals surface area contributed by atoms with Crippen LogP contribution in [-0.4, -0.2) is 34.5 Å². The number of anilines is 2. The molecule has 0 atom stereocenters. The highest BCUT2D eigenvalue weighted by Gasteiger charge is 2.11. The van der Waals surface area contributed by atoms with Gasteiger partial charge in [0.05, 0.1) is 12.1 Å². The Hall–Kier alpha value is -3.15. The van der Waals surface area contributed by atoms with Gasteiger partial charge in [-0.15, -0.1) is 0 Å². The summed E-state index contributed by atoms with van der Waals surface area (Å²) in [5.74, 6) is 1.57. The van der Waals surface area contributed by atoms with Crippen molar-refractivity contribution >= 4 is 17.4 Å². The second-order valence-corrected chi connectivity index (χ2v) is 6.01. The Morgan fingerprint density at radius 1 is 1.16 bits per heavy atom. The molecule has 3 rings (SSSR count). The SMILES string of the molecule is Cc1nccn1Cc1ccccc1NC(=O)c1ccc(N(C)C)nc1. The zero-order valence-electron chi connectivity index (χ0n) is 14.6. The van der Waals surface area contributed by atoms with E-state index in [1.807, 2.05) is 67.0 Å². The van der Waals surface area contributed by atoms with Crippen LogP contribution in [0.1, 0.15) is 21.7 Å². The summed E-state index contributed by atoms with van der Waals surface area (Å²) in [6, 6.07) is 11.4. The number of aromatic nitrogens is 3. The van der Waals surface area contributed by atoms with Gasteiger partial charge in [0.1, 0.15) is 11.6 Å². The molecule has 0 saturated carbocycles. The first kappa shape index (κ1) is 16.7. The Morgan fingerprint density at radius 2 is 1.96 bits per heavy atom. The van der Waals surface area contributed by atoms with Crippen LogP contribution in [0.15, 0.2) is 55.0 Å². The van der Waals surface area contributed by atoms with Gasteiger partial charge in [0.25, 0.3) is 5.91 Å². The molecule has 3 aromatic rings. The third-order valence-electron chi connectivity index (χ3n) is 4.00. The zero-order valence-corrected chi connectivity index (χ0v) is 14.6. The summed E-state index contributed by atoms with van der Waals surface area (Å²) in [5.41, 5.74) is 2.34. The fourth-order valence-corrected chi connectivity index (χ4v) is 2.51. The highest BCUT2D eigenvalue weighted by Crippen LogP contribution is 2.18. The van der Waals surface area contributed by atoms with Gasteiger partial charge in [0, 0.05) is 38.4 Å². The molecule has 0 unspecified atom stereocenters. The van der Waals surface area contributed by atoms with Crippen LogP contribution in [0, 0.1) is 6.92 Å². The maximum Gasteiger partial charge on any atom is 0.257 e. The Bertz CT molecular complexity index is 868. The number of imidazole rings is 1. The number of hydrogen-bond donors (Lipinski definition) is 1. The standard InChI is InChI=1S/C19H21N5O/c1-14-20-10-11-24(14)13-16-6-4-5-7-17(16)22-19(25)15-8-9-18(21-12-15)23(2)3/h4-12H,13H2,1-3H3,(H,22,25). The molecule has 1 amide bonds. The molecule has 1 aromatic carbocycles. The van der Waals surface area contributed by atoms with Crippen LogP contribution < -0.4 is 10.2 Å². The maximum absolute atomic E-state index is 12.5. The molecule has 6 nitrogen and oxygen atoms in total. The molecule has 2 heterocycles. The van der Waals surface area contributed by atoms with E-state index in [4.69, 9.17) is 0 Å². The molecule has 0 aliphatic heterocycles. The maximum atomic E-state index is 12.5. The lowest BCUT2D eigenvalue weighted by molar-refractivity contribution is 0.102. The fraction of sp³-hybridized carbons (Fsp3) is 0.211. The quantitative estimate of drug-likeness (QED) is 0.779. The van der Waals surface area contributed by atoms with E-state index < -0.39 is 0 Å². The lowest BCUT2D eigenvalue weighted by Crippen LogP contribution is -2.16. The largest absolute Gasteiger partial charge is 0.363 e. The summed E-state index contributed by atoms with van der Waals surface area (Å²) in [5, 5.41) is 2.98. The smallest absolute Gasteiger partial charge is 0.257 e. The van der Waals surface area contributed by atoms with Gasteiger partial charge >= 0.3 is 0 Å². The van der Waals surface area contributed by atoms with Crippen LogP contribution in [0.25, 0.3) is 0 Å². The highest BCUT2D eigenvalue weighted by atomic mass is 16.1. The third-order valence-corrected chi connectivity index (χ3v) is 4.00. The van der Waals surface area contributed by atoms with Crippen LogP contribution in [0.2, 0.25) is 0 Å². The lowest BCUT2D eigenvalue weighted by atomic mass is 10.1. The van der Waals surface area contributed by atoms with E-state index in [2.05, 4.69) is 15.3 Å². The molecular weight excluding hydrogens is 314 g/mol. The molecule has 25 heavy (non-hydrogen) atoms. The Labute approximate surface area is 147 Å². The normalized spacial score (nSPS) is 10.5. The van der Waals surface area contributed by atoms with Gasteiger partial charge < -0.3 is 14.8 Å². The predicted octanol–water partition coefficient (Wildman–Crippen LogP) is 2.95. The van der Waals surface area contributed by atoms with Crippen molar-refractivity contribution in [2.45, 2.75) is 13.5 Å². The Morgan fingerprint density at radius 3 is 2.60 bits per heavy atom. The minimum atomic E-state index is -0.174. The van der Waals surface area contributed by atoms with E-state index in [-0.39, 0.29) is 5.91 Å². The van der Waals surface area contributed by atoms with Crippen LogP contribution in [0.3, 0.4) is 0 Å². The van der Waals surface area contributed by atoms with E-state index in [1.54, 1.807) is 18.5 Å². The van der Waals surface area contributed by atoms with Crippen molar-refractivity contribution in [3.63, 3.8) is 0 Å². The first-order valence-corrected chi connectivity index (χ1v) is 8.05. The number of carbonyl (C=O) groups is 1. The first-order chi connectivity index (χ1) is 12.0. The number of nitrogens with one attached hydrogen (secondary N) is 1. The molecule has 6 heteroatoms. The monoisotopic (exact) mass is 335 g/mol. The Balaban J connectivity index is 1.78. The molecule has 0 saturated heterocycles. The van der Waals surface area contributed by atoms with Crippen molar-refractivity contribution in [2.75, 3.05) is 24.3 Å². The molecular formula is C19H21N5O. The topological polar surface area (TPSA) is 63.1 Å². The average Bonchev–Trinajstić information content (AvgIpc) is 3.01. The van der Waals surface area contributed by atoms with Crippen molar-refractivity contribution in [2.24, 2.45) is 0 Å². The zero-order chi connectivity index (χ0) is 17.8. The van der Waals surface area contributed by atoms with Gasteiger partial charge in [-0.2, -0.15) is 0 Å². The summed E-state index contributed by atoms with van der Waals surface area (Å²) >= 11 is 0. The van der Waals surface area contributed by atoms with E-state index >= 15 is 0 Å². The third kappa shape index (κ3) is 3.85. The number of nitrogens with zero attached hydrogens (tertiary/aromatic N) is 4. The molecule has 0 aliphatic rings. The van der Waals surface area contributed by atoms with Crippen LogP contribution in [-0.2, 0) is 6.54 Å². The van der Waals surface area contributed by atoms with Gasteiger partial charge in [-0.05, 0) is 30.7 Å². The van der Waals surface area contributed by atoms with E-state index in [0.29, 0.717) is 12.1 Å². The number of hydrogen-bond acceptors (Lipinski definition) is 4. The lowest BCUT2D eigenvalue weighted by Gasteiger charge is -2.13. The van der Waals surface area contributed by atoms with Gasteiger partial charge in [-0.3, -0.25) is 4.79 Å². The van der Waals surface area contributed by atoms with E-state index in [9.17, 15) is 4.79 Å². The number of rotatable bonds is 5. The molecule has 0 fully saturated rings. The molecule has 0 bridgehead atoms. The minimum absolute atomic E-state index is 0.174. The second-order valence-electron chi connectivity index (χ2n) is 6.01.